The van der Waals surface area contributed by atoms with Crippen LogP contribution in [-0.4, -0.2) is 38.3 Å². The molecule has 0 bridgehead atoms. The number of amides is 1. The summed E-state index contributed by atoms with van der Waals surface area (Å²) in [7, 11) is -3.51. The van der Waals surface area contributed by atoms with Crippen molar-refractivity contribution in [3.05, 3.63) is 72.3 Å². The van der Waals surface area contributed by atoms with Crippen LogP contribution in [0.4, 0.5) is 5.69 Å². The molecule has 0 aromatic heterocycles. The Labute approximate surface area is 183 Å². The average Bonchev–Trinajstić information content (AvgIpc) is 3.33. The fraction of sp³-hybridized carbons (Fsp3) is 0.292. The van der Waals surface area contributed by atoms with E-state index in [1.807, 2.05) is 25.1 Å². The molecule has 0 radical (unpaired) electrons. The second kappa shape index (κ2) is 9.18. The van der Waals surface area contributed by atoms with Gasteiger partial charge in [-0.05, 0) is 54.3 Å². The molecule has 4 rings (SSSR count). The molecule has 3 aromatic carbocycles. The highest BCUT2D eigenvalue weighted by atomic mass is 32.2. The number of hydrogen-bond acceptors (Lipinski definition) is 4. The molecule has 1 aliphatic heterocycles. The third-order valence-electron chi connectivity index (χ3n) is 5.68. The normalized spacial score (nSPS) is 15.8. The summed E-state index contributed by atoms with van der Waals surface area (Å²) in [5.41, 5.74) is 1.61. The van der Waals surface area contributed by atoms with Crippen LogP contribution in [0.25, 0.3) is 10.8 Å². The van der Waals surface area contributed by atoms with Crippen LogP contribution in [0.15, 0.2) is 71.6 Å². The molecule has 1 saturated heterocycles. The number of anilines is 1. The maximum Gasteiger partial charge on any atom is 0.243 e. The summed E-state index contributed by atoms with van der Waals surface area (Å²) in [6.45, 7) is 3.25. The topological polar surface area (TPSA) is 78.5 Å². The third-order valence-corrected chi connectivity index (χ3v) is 7.57. The SMILES string of the molecule is CC(NCC(=O)Nc1cccc(S(=O)(=O)N2CCCC2)c1)c1cccc2ccccc12. The van der Waals surface area contributed by atoms with E-state index in [-0.39, 0.29) is 23.4 Å². The number of carbonyl (C=O) groups excluding carboxylic acids is 1. The van der Waals surface area contributed by atoms with E-state index in [1.165, 1.54) is 10.4 Å². The predicted octanol–water partition coefficient (Wildman–Crippen LogP) is 3.91. The second-order valence-electron chi connectivity index (χ2n) is 7.86. The van der Waals surface area contributed by atoms with Gasteiger partial charge >= 0.3 is 0 Å². The molecule has 2 N–H and O–H groups in total. The number of sulfonamides is 1. The first-order chi connectivity index (χ1) is 14.9. The average molecular weight is 438 g/mol. The summed E-state index contributed by atoms with van der Waals surface area (Å²) in [5, 5.41) is 8.39. The van der Waals surface area contributed by atoms with Gasteiger partial charge in [-0.15, -0.1) is 0 Å². The number of rotatable bonds is 7. The van der Waals surface area contributed by atoms with Gasteiger partial charge in [0.05, 0.1) is 11.4 Å². The standard InChI is InChI=1S/C24H27N3O3S/c1-18(22-13-6-9-19-8-2-3-12-23(19)22)25-17-24(28)26-20-10-7-11-21(16-20)31(29,30)27-14-4-5-15-27/h2-3,6-13,16,18,25H,4-5,14-15,17H2,1H3,(H,26,28). The lowest BCUT2D eigenvalue weighted by Crippen LogP contribution is -2.30. The molecule has 0 spiro atoms. The smallest absolute Gasteiger partial charge is 0.243 e. The molecule has 1 unspecified atom stereocenters. The molecule has 1 atom stereocenters. The zero-order valence-electron chi connectivity index (χ0n) is 17.5. The van der Waals surface area contributed by atoms with E-state index in [0.29, 0.717) is 18.8 Å². The van der Waals surface area contributed by atoms with Crippen molar-refractivity contribution in [3.63, 3.8) is 0 Å². The van der Waals surface area contributed by atoms with Gasteiger partial charge < -0.3 is 10.6 Å². The predicted molar refractivity (Wildman–Crippen MR) is 123 cm³/mol. The van der Waals surface area contributed by atoms with Crippen molar-refractivity contribution in [3.8, 4) is 0 Å². The molecule has 0 aliphatic carbocycles. The summed E-state index contributed by atoms with van der Waals surface area (Å²) >= 11 is 0. The summed E-state index contributed by atoms with van der Waals surface area (Å²) in [5.74, 6) is -0.220. The van der Waals surface area contributed by atoms with Gasteiger partial charge in [0.1, 0.15) is 0 Å². The quantitative estimate of drug-likeness (QED) is 0.587. The van der Waals surface area contributed by atoms with E-state index in [9.17, 15) is 13.2 Å². The Morgan fingerprint density at radius 1 is 1.00 bits per heavy atom. The maximum absolute atomic E-state index is 12.8. The highest BCUT2D eigenvalue weighted by molar-refractivity contribution is 7.89. The van der Waals surface area contributed by atoms with Crippen molar-refractivity contribution >= 4 is 32.4 Å². The molecule has 6 nitrogen and oxygen atoms in total. The van der Waals surface area contributed by atoms with Gasteiger partial charge in [-0.2, -0.15) is 4.31 Å². The maximum atomic E-state index is 12.8. The van der Waals surface area contributed by atoms with Crippen LogP contribution >= 0.6 is 0 Å². The lowest BCUT2D eigenvalue weighted by molar-refractivity contribution is -0.115. The van der Waals surface area contributed by atoms with Gasteiger partial charge in [0.25, 0.3) is 0 Å². The first-order valence-electron chi connectivity index (χ1n) is 10.6. The molecule has 1 fully saturated rings. The fourth-order valence-electron chi connectivity index (χ4n) is 4.00. The van der Waals surface area contributed by atoms with Crippen LogP contribution in [0.2, 0.25) is 0 Å². The molecule has 1 amide bonds. The summed E-state index contributed by atoms with van der Waals surface area (Å²) < 4.78 is 27.0. The lowest BCUT2D eigenvalue weighted by atomic mass is 10.00. The van der Waals surface area contributed by atoms with Gasteiger partial charge in [-0.25, -0.2) is 8.42 Å². The Morgan fingerprint density at radius 2 is 1.71 bits per heavy atom. The van der Waals surface area contributed by atoms with Crippen molar-refractivity contribution in [1.82, 2.24) is 9.62 Å². The van der Waals surface area contributed by atoms with Gasteiger partial charge in [-0.1, -0.05) is 48.5 Å². The van der Waals surface area contributed by atoms with Gasteiger partial charge in [0, 0.05) is 24.8 Å². The summed E-state index contributed by atoms with van der Waals surface area (Å²) in [6, 6.07) is 20.8. The summed E-state index contributed by atoms with van der Waals surface area (Å²) in [6.07, 6.45) is 1.77. The molecule has 3 aromatic rings. The first kappa shape index (κ1) is 21.5. The van der Waals surface area contributed by atoms with Gasteiger partial charge in [-0.3, -0.25) is 4.79 Å². The van der Waals surface area contributed by atoms with Crippen LogP contribution in [-0.2, 0) is 14.8 Å². The zero-order valence-corrected chi connectivity index (χ0v) is 18.4. The van der Waals surface area contributed by atoms with E-state index in [1.54, 1.807) is 18.2 Å². The number of nitrogens with one attached hydrogen (secondary N) is 2. The molecule has 7 heteroatoms. The third kappa shape index (κ3) is 4.79. The van der Waals surface area contributed by atoms with Crippen molar-refractivity contribution in [1.29, 1.82) is 0 Å². The highest BCUT2D eigenvalue weighted by Crippen LogP contribution is 2.25. The minimum Gasteiger partial charge on any atom is -0.325 e. The lowest BCUT2D eigenvalue weighted by Gasteiger charge is -2.17. The van der Waals surface area contributed by atoms with Crippen LogP contribution in [0.5, 0.6) is 0 Å². The van der Waals surface area contributed by atoms with Crippen molar-refractivity contribution in [2.24, 2.45) is 0 Å². The van der Waals surface area contributed by atoms with E-state index in [2.05, 4.69) is 34.9 Å². The number of fused-ring (bicyclic) bond motifs is 1. The monoisotopic (exact) mass is 437 g/mol. The molecule has 1 heterocycles. The highest BCUT2D eigenvalue weighted by Gasteiger charge is 2.27. The molecule has 162 valence electrons. The van der Waals surface area contributed by atoms with Crippen LogP contribution in [0.1, 0.15) is 31.4 Å². The summed E-state index contributed by atoms with van der Waals surface area (Å²) in [4.78, 5) is 12.7. The Balaban J connectivity index is 1.40. The number of nitrogens with zero attached hydrogens (tertiary/aromatic N) is 1. The van der Waals surface area contributed by atoms with Gasteiger partial charge in [0.2, 0.25) is 15.9 Å². The molecular weight excluding hydrogens is 410 g/mol. The molecule has 31 heavy (non-hydrogen) atoms. The van der Waals surface area contributed by atoms with Gasteiger partial charge in [0.15, 0.2) is 0 Å². The molecule has 1 aliphatic rings. The number of carbonyl (C=O) groups is 1. The zero-order chi connectivity index (χ0) is 21.8. The Morgan fingerprint density at radius 3 is 2.52 bits per heavy atom. The van der Waals surface area contributed by atoms with Crippen molar-refractivity contribution in [2.45, 2.75) is 30.7 Å². The van der Waals surface area contributed by atoms with Crippen molar-refractivity contribution in [2.75, 3.05) is 25.0 Å². The van der Waals surface area contributed by atoms with E-state index >= 15 is 0 Å². The molecular formula is C24H27N3O3S. The first-order valence-corrected chi connectivity index (χ1v) is 12.0. The van der Waals surface area contributed by atoms with E-state index < -0.39 is 10.0 Å². The number of benzene rings is 3. The largest absolute Gasteiger partial charge is 0.325 e. The van der Waals surface area contributed by atoms with Crippen LogP contribution in [0.3, 0.4) is 0 Å². The molecule has 0 saturated carbocycles. The Kier molecular flexibility index (Phi) is 6.36. The van der Waals surface area contributed by atoms with E-state index in [4.69, 9.17) is 0 Å². The Bertz CT molecular complexity index is 1180. The van der Waals surface area contributed by atoms with Crippen LogP contribution < -0.4 is 10.6 Å². The fourth-order valence-corrected chi connectivity index (χ4v) is 5.56. The van der Waals surface area contributed by atoms with Crippen LogP contribution in [0, 0.1) is 0 Å². The van der Waals surface area contributed by atoms with E-state index in [0.717, 1.165) is 29.2 Å². The Hall–Kier alpha value is -2.74. The van der Waals surface area contributed by atoms with Crippen molar-refractivity contribution < 1.29 is 13.2 Å². The minimum absolute atomic E-state index is 0.0151. The second-order valence-corrected chi connectivity index (χ2v) is 9.80. The number of hydrogen-bond donors (Lipinski definition) is 2. The minimum atomic E-state index is -3.51.